The summed E-state index contributed by atoms with van der Waals surface area (Å²) in [5, 5.41) is 0. The summed E-state index contributed by atoms with van der Waals surface area (Å²) in [5.41, 5.74) is 6.11. The summed E-state index contributed by atoms with van der Waals surface area (Å²) in [6.45, 7) is 6.56. The van der Waals surface area contributed by atoms with Gasteiger partial charge in [0.25, 0.3) is 0 Å². The first-order valence-electron chi connectivity index (χ1n) is 7.79. The van der Waals surface area contributed by atoms with Crippen LogP contribution in [0, 0.1) is 5.82 Å². The molecule has 1 aromatic rings. The number of nitrogens with two attached hydrogens (primary N) is 1. The second-order valence-electron chi connectivity index (χ2n) is 6.67. The van der Waals surface area contributed by atoms with Crippen LogP contribution in [0.15, 0.2) is 12.1 Å². The van der Waals surface area contributed by atoms with Gasteiger partial charge in [-0.25, -0.2) is 4.39 Å². The molecule has 1 saturated heterocycles. The highest BCUT2D eigenvalue weighted by molar-refractivity contribution is 5.76. The molecule has 1 fully saturated rings. The van der Waals surface area contributed by atoms with Crippen LogP contribution in [0.5, 0.6) is 5.75 Å². The summed E-state index contributed by atoms with van der Waals surface area (Å²) in [7, 11) is 0. The summed E-state index contributed by atoms with van der Waals surface area (Å²) in [6, 6.07) is 2.50. The Morgan fingerprint density at radius 1 is 1.35 bits per heavy atom. The van der Waals surface area contributed by atoms with E-state index in [1.165, 1.54) is 12.1 Å². The van der Waals surface area contributed by atoms with Gasteiger partial charge in [-0.05, 0) is 32.4 Å². The number of nitrogen functional groups attached to an aromatic ring is 1. The summed E-state index contributed by atoms with van der Waals surface area (Å²) >= 11 is 0. The number of rotatable bonds is 4. The molecule has 128 valence electrons. The Balaban J connectivity index is 2.12. The summed E-state index contributed by atoms with van der Waals surface area (Å²) in [4.78, 5) is 11.9. The Morgan fingerprint density at radius 2 is 2.00 bits per heavy atom. The number of ether oxygens (including phenoxy) is 3. The lowest BCUT2D eigenvalue weighted by Gasteiger charge is -2.25. The third-order valence-corrected chi connectivity index (χ3v) is 3.41. The van der Waals surface area contributed by atoms with E-state index >= 15 is 0 Å². The van der Waals surface area contributed by atoms with Gasteiger partial charge in [-0.15, -0.1) is 0 Å². The quantitative estimate of drug-likeness (QED) is 0.681. The Hall–Kier alpha value is -1.82. The van der Waals surface area contributed by atoms with E-state index in [1.54, 1.807) is 20.8 Å². The second kappa shape index (κ2) is 7.17. The SMILES string of the molecule is CC(C)(C)OC(=O)Cc1cc(F)cc(OC2CCOCC2)c1N. The smallest absolute Gasteiger partial charge is 0.310 e. The van der Waals surface area contributed by atoms with Crippen LogP contribution >= 0.6 is 0 Å². The first-order chi connectivity index (χ1) is 10.7. The Kier molecular flexibility index (Phi) is 5.46. The summed E-state index contributed by atoms with van der Waals surface area (Å²) in [5.74, 6) is -0.665. The first-order valence-corrected chi connectivity index (χ1v) is 7.79. The number of anilines is 1. The van der Waals surface area contributed by atoms with Gasteiger partial charge >= 0.3 is 5.97 Å². The lowest BCUT2D eigenvalue weighted by molar-refractivity contribution is -0.153. The van der Waals surface area contributed by atoms with Crippen LogP contribution in [0.3, 0.4) is 0 Å². The van der Waals surface area contributed by atoms with Crippen LogP contribution in [0.2, 0.25) is 0 Å². The molecule has 23 heavy (non-hydrogen) atoms. The monoisotopic (exact) mass is 325 g/mol. The third-order valence-electron chi connectivity index (χ3n) is 3.41. The number of hydrogen-bond donors (Lipinski definition) is 1. The van der Waals surface area contributed by atoms with Crippen molar-refractivity contribution in [2.45, 2.75) is 51.7 Å². The highest BCUT2D eigenvalue weighted by Gasteiger charge is 2.21. The van der Waals surface area contributed by atoms with E-state index in [0.717, 1.165) is 12.8 Å². The maximum atomic E-state index is 13.8. The van der Waals surface area contributed by atoms with Crippen molar-refractivity contribution in [3.8, 4) is 5.75 Å². The van der Waals surface area contributed by atoms with Crippen molar-refractivity contribution < 1.29 is 23.4 Å². The van der Waals surface area contributed by atoms with Gasteiger partial charge in [0.2, 0.25) is 0 Å². The van der Waals surface area contributed by atoms with Crippen LogP contribution in [0.25, 0.3) is 0 Å². The third kappa shape index (κ3) is 5.39. The average Bonchev–Trinajstić information content (AvgIpc) is 2.43. The van der Waals surface area contributed by atoms with E-state index in [9.17, 15) is 9.18 Å². The fourth-order valence-electron chi connectivity index (χ4n) is 2.40. The minimum Gasteiger partial charge on any atom is -0.488 e. The van der Waals surface area contributed by atoms with E-state index < -0.39 is 17.4 Å². The van der Waals surface area contributed by atoms with Gasteiger partial charge in [0.1, 0.15) is 23.3 Å². The second-order valence-corrected chi connectivity index (χ2v) is 6.67. The first kappa shape index (κ1) is 17.5. The van der Waals surface area contributed by atoms with Crippen molar-refractivity contribution in [3.63, 3.8) is 0 Å². The van der Waals surface area contributed by atoms with Crippen molar-refractivity contribution in [2.24, 2.45) is 0 Å². The number of carbonyl (C=O) groups is 1. The van der Waals surface area contributed by atoms with E-state index in [2.05, 4.69) is 0 Å². The minimum atomic E-state index is -0.597. The summed E-state index contributed by atoms with van der Waals surface area (Å²) < 4.78 is 30.2. The van der Waals surface area contributed by atoms with Gasteiger partial charge in [0, 0.05) is 18.9 Å². The molecule has 0 aromatic heterocycles. The fraction of sp³-hybridized carbons (Fsp3) is 0.588. The zero-order chi connectivity index (χ0) is 17.0. The van der Waals surface area contributed by atoms with Crippen LogP contribution in [-0.2, 0) is 20.7 Å². The number of hydrogen-bond acceptors (Lipinski definition) is 5. The number of esters is 1. The molecule has 1 heterocycles. The Morgan fingerprint density at radius 3 is 2.61 bits per heavy atom. The lowest BCUT2D eigenvalue weighted by Crippen LogP contribution is -2.27. The summed E-state index contributed by atoms with van der Waals surface area (Å²) in [6.07, 6.45) is 1.32. The predicted molar refractivity (Wildman–Crippen MR) is 84.8 cm³/mol. The molecule has 0 atom stereocenters. The topological polar surface area (TPSA) is 70.8 Å². The molecule has 0 spiro atoms. The molecule has 0 amide bonds. The van der Waals surface area contributed by atoms with Gasteiger partial charge in [0.05, 0.1) is 25.3 Å². The molecule has 0 unspecified atom stereocenters. The van der Waals surface area contributed by atoms with Crippen molar-refractivity contribution in [2.75, 3.05) is 18.9 Å². The fourth-order valence-corrected chi connectivity index (χ4v) is 2.40. The maximum Gasteiger partial charge on any atom is 0.310 e. The lowest BCUT2D eigenvalue weighted by atomic mass is 10.1. The maximum absolute atomic E-state index is 13.8. The number of carbonyl (C=O) groups excluding carboxylic acids is 1. The van der Waals surface area contributed by atoms with Crippen molar-refractivity contribution in [3.05, 3.63) is 23.5 Å². The normalized spacial score (nSPS) is 16.2. The highest BCUT2D eigenvalue weighted by atomic mass is 19.1. The van der Waals surface area contributed by atoms with Crippen molar-refractivity contribution in [1.82, 2.24) is 0 Å². The molecule has 2 N–H and O–H groups in total. The van der Waals surface area contributed by atoms with Crippen LogP contribution in [-0.4, -0.2) is 30.9 Å². The zero-order valence-electron chi connectivity index (χ0n) is 13.9. The van der Waals surface area contributed by atoms with Crippen molar-refractivity contribution in [1.29, 1.82) is 0 Å². The predicted octanol–water partition coefficient (Wildman–Crippen LogP) is 2.85. The Bertz CT molecular complexity index is 562. The molecule has 0 bridgehead atoms. The molecule has 0 radical (unpaired) electrons. The molecule has 6 heteroatoms. The molecule has 1 aliphatic rings. The van der Waals surface area contributed by atoms with Crippen LogP contribution < -0.4 is 10.5 Å². The molecule has 5 nitrogen and oxygen atoms in total. The van der Waals surface area contributed by atoms with Gasteiger partial charge in [0.15, 0.2) is 0 Å². The van der Waals surface area contributed by atoms with Gasteiger partial charge in [-0.3, -0.25) is 4.79 Å². The largest absolute Gasteiger partial charge is 0.488 e. The van der Waals surface area contributed by atoms with Crippen molar-refractivity contribution >= 4 is 11.7 Å². The minimum absolute atomic E-state index is 0.0535. The zero-order valence-corrected chi connectivity index (χ0v) is 13.9. The number of halogens is 1. The molecule has 2 rings (SSSR count). The van der Waals surface area contributed by atoms with Crippen LogP contribution in [0.4, 0.5) is 10.1 Å². The van der Waals surface area contributed by atoms with E-state index in [0.29, 0.717) is 18.8 Å². The molecule has 0 saturated carbocycles. The van der Waals surface area contributed by atoms with E-state index in [1.807, 2.05) is 0 Å². The molecule has 0 aliphatic carbocycles. The molecular formula is C17H24FNO4. The van der Waals surface area contributed by atoms with Gasteiger partial charge in [-0.1, -0.05) is 0 Å². The standard InChI is InChI=1S/C17H24FNO4/c1-17(2,3)23-15(20)9-11-8-12(18)10-14(16(11)19)22-13-4-6-21-7-5-13/h8,10,13H,4-7,9,19H2,1-3H3. The van der Waals surface area contributed by atoms with E-state index in [-0.39, 0.29) is 24.0 Å². The van der Waals surface area contributed by atoms with Crippen LogP contribution in [0.1, 0.15) is 39.2 Å². The highest BCUT2D eigenvalue weighted by Crippen LogP contribution is 2.30. The average molecular weight is 325 g/mol. The Labute approximate surface area is 135 Å². The van der Waals surface area contributed by atoms with Gasteiger partial charge in [-0.2, -0.15) is 0 Å². The number of benzene rings is 1. The molecule has 1 aliphatic heterocycles. The van der Waals surface area contributed by atoms with E-state index in [4.69, 9.17) is 19.9 Å². The molecular weight excluding hydrogens is 301 g/mol. The molecule has 1 aromatic carbocycles. The van der Waals surface area contributed by atoms with Gasteiger partial charge < -0.3 is 19.9 Å².